The fourth-order valence-corrected chi connectivity index (χ4v) is 3.18. The number of amides is 3. The molecule has 2 heterocycles. The van der Waals surface area contributed by atoms with E-state index in [4.69, 9.17) is 4.74 Å². The van der Waals surface area contributed by atoms with Crippen molar-refractivity contribution in [3.05, 3.63) is 59.2 Å². The fourth-order valence-electron chi connectivity index (χ4n) is 3.18. The second kappa shape index (κ2) is 6.11. The quantitative estimate of drug-likeness (QED) is 0.617. The number of rotatable bonds is 4. The van der Waals surface area contributed by atoms with Crippen LogP contribution in [0, 0.1) is 0 Å². The second-order valence-corrected chi connectivity index (χ2v) is 5.99. The Morgan fingerprint density at radius 3 is 2.23 bits per heavy atom. The summed E-state index contributed by atoms with van der Waals surface area (Å²) in [7, 11) is 0. The molecule has 2 aliphatic heterocycles. The minimum atomic E-state index is -0.367. The molecule has 0 saturated heterocycles. The first kappa shape index (κ1) is 16.0. The number of ether oxygens (including phenoxy) is 1. The lowest BCUT2D eigenvalue weighted by atomic mass is 10.1. The zero-order chi connectivity index (χ0) is 18.3. The van der Waals surface area contributed by atoms with Gasteiger partial charge in [0, 0.05) is 18.7 Å². The normalized spacial score (nSPS) is 15.6. The minimum absolute atomic E-state index is 0.0584. The van der Waals surface area contributed by atoms with Crippen LogP contribution in [0.3, 0.4) is 0 Å². The van der Waals surface area contributed by atoms with Crippen molar-refractivity contribution in [2.75, 3.05) is 24.6 Å². The predicted molar refractivity (Wildman–Crippen MR) is 91.5 cm³/mol. The molecule has 0 aromatic heterocycles. The molecule has 7 heteroatoms. The molecule has 0 saturated carbocycles. The average Bonchev–Trinajstić information content (AvgIpc) is 2.91. The fraction of sp³-hybridized carbons (Fsp3) is 0.158. The molecule has 130 valence electrons. The molecule has 7 nitrogen and oxygen atoms in total. The monoisotopic (exact) mass is 350 g/mol. The number of anilines is 1. The first-order valence-electron chi connectivity index (χ1n) is 8.08. The molecule has 0 bridgehead atoms. The lowest BCUT2D eigenvalue weighted by Gasteiger charge is -2.30. The third-order valence-electron chi connectivity index (χ3n) is 4.49. The van der Waals surface area contributed by atoms with E-state index in [1.165, 1.54) is 4.90 Å². The summed E-state index contributed by atoms with van der Waals surface area (Å²) in [6, 6.07) is 11.4. The van der Waals surface area contributed by atoms with E-state index in [0.29, 0.717) is 34.4 Å². The van der Waals surface area contributed by atoms with Crippen LogP contribution in [0.2, 0.25) is 0 Å². The van der Waals surface area contributed by atoms with Gasteiger partial charge in [0.25, 0.3) is 17.7 Å². The lowest BCUT2D eigenvalue weighted by Crippen LogP contribution is -2.44. The highest BCUT2D eigenvalue weighted by atomic mass is 16.5. The van der Waals surface area contributed by atoms with Crippen LogP contribution < -0.4 is 9.64 Å². The predicted octanol–water partition coefficient (Wildman–Crippen LogP) is 1.52. The van der Waals surface area contributed by atoms with Crippen LogP contribution in [0.25, 0.3) is 0 Å². The van der Waals surface area contributed by atoms with E-state index in [-0.39, 0.29) is 37.4 Å². The number of carbonyl (C=O) groups is 4. The number of benzene rings is 2. The van der Waals surface area contributed by atoms with Crippen LogP contribution in [0.5, 0.6) is 5.75 Å². The molecule has 0 unspecified atom stereocenters. The van der Waals surface area contributed by atoms with Gasteiger partial charge in [0.1, 0.15) is 12.0 Å². The number of hydrogen-bond acceptors (Lipinski definition) is 5. The highest BCUT2D eigenvalue weighted by Gasteiger charge is 2.36. The molecule has 0 radical (unpaired) electrons. The van der Waals surface area contributed by atoms with Crippen molar-refractivity contribution in [3.63, 3.8) is 0 Å². The third kappa shape index (κ3) is 2.45. The van der Waals surface area contributed by atoms with Crippen LogP contribution >= 0.6 is 0 Å². The molecule has 0 aliphatic carbocycles. The summed E-state index contributed by atoms with van der Waals surface area (Å²) in [5.41, 5.74) is 1.61. The van der Waals surface area contributed by atoms with Gasteiger partial charge in [-0.3, -0.25) is 24.1 Å². The number of hydrogen-bond donors (Lipinski definition) is 0. The Balaban J connectivity index is 1.58. The SMILES string of the molecule is O=Cc1ccc2c(c1)N(CCN1C(=O)c3ccccc3C1=O)C(=O)CO2. The van der Waals surface area contributed by atoms with E-state index in [9.17, 15) is 19.2 Å². The maximum atomic E-state index is 12.4. The number of imide groups is 1. The molecule has 3 amide bonds. The third-order valence-corrected chi connectivity index (χ3v) is 4.49. The Morgan fingerprint density at radius 1 is 0.923 bits per heavy atom. The van der Waals surface area contributed by atoms with Crippen LogP contribution in [-0.4, -0.2) is 48.6 Å². The molecular weight excluding hydrogens is 336 g/mol. The summed E-state index contributed by atoms with van der Waals surface area (Å²) in [4.78, 5) is 50.7. The highest BCUT2D eigenvalue weighted by molar-refractivity contribution is 6.21. The molecular formula is C19H14N2O5. The van der Waals surface area contributed by atoms with Crippen molar-refractivity contribution in [1.82, 2.24) is 4.90 Å². The zero-order valence-electron chi connectivity index (χ0n) is 13.7. The molecule has 0 spiro atoms. The van der Waals surface area contributed by atoms with E-state index in [0.717, 1.165) is 4.90 Å². The van der Waals surface area contributed by atoms with Gasteiger partial charge < -0.3 is 9.64 Å². The second-order valence-electron chi connectivity index (χ2n) is 5.99. The number of carbonyl (C=O) groups excluding carboxylic acids is 4. The van der Waals surface area contributed by atoms with Gasteiger partial charge in [-0.1, -0.05) is 12.1 Å². The minimum Gasteiger partial charge on any atom is -0.482 e. The Labute approximate surface area is 148 Å². The average molecular weight is 350 g/mol. The van der Waals surface area contributed by atoms with Crippen LogP contribution in [0.4, 0.5) is 5.69 Å². The van der Waals surface area contributed by atoms with Crippen LogP contribution in [0.15, 0.2) is 42.5 Å². The Bertz CT molecular complexity index is 918. The topological polar surface area (TPSA) is 84.0 Å². The van der Waals surface area contributed by atoms with Gasteiger partial charge in [-0.15, -0.1) is 0 Å². The highest BCUT2D eigenvalue weighted by Crippen LogP contribution is 2.33. The number of nitrogens with zero attached hydrogens (tertiary/aromatic N) is 2. The Kier molecular flexibility index (Phi) is 3.76. The van der Waals surface area contributed by atoms with Crippen molar-refractivity contribution in [2.24, 2.45) is 0 Å². The van der Waals surface area contributed by atoms with E-state index < -0.39 is 0 Å². The zero-order valence-corrected chi connectivity index (χ0v) is 13.7. The van der Waals surface area contributed by atoms with Gasteiger partial charge in [0.2, 0.25) is 0 Å². The molecule has 2 aromatic rings. The molecule has 26 heavy (non-hydrogen) atoms. The van der Waals surface area contributed by atoms with E-state index >= 15 is 0 Å². The van der Waals surface area contributed by atoms with Crippen LogP contribution in [0.1, 0.15) is 31.1 Å². The van der Waals surface area contributed by atoms with Gasteiger partial charge in [-0.05, 0) is 30.3 Å². The van der Waals surface area contributed by atoms with Gasteiger partial charge in [-0.2, -0.15) is 0 Å². The van der Waals surface area contributed by atoms with Gasteiger partial charge in [0.15, 0.2) is 6.61 Å². The van der Waals surface area contributed by atoms with Crippen molar-refractivity contribution < 1.29 is 23.9 Å². The number of aldehydes is 1. The molecule has 0 N–H and O–H groups in total. The standard InChI is InChI=1S/C19H14N2O5/c22-10-12-5-6-16-15(9-12)20(17(23)11-26-16)7-8-21-18(24)13-3-1-2-4-14(13)19(21)25/h1-6,9-10H,7-8,11H2. The van der Waals surface area contributed by atoms with Crippen molar-refractivity contribution in [2.45, 2.75) is 0 Å². The van der Waals surface area contributed by atoms with Gasteiger partial charge >= 0.3 is 0 Å². The maximum Gasteiger partial charge on any atom is 0.265 e. The van der Waals surface area contributed by atoms with E-state index in [1.807, 2.05) is 0 Å². The van der Waals surface area contributed by atoms with Crippen molar-refractivity contribution in [1.29, 1.82) is 0 Å². The summed E-state index contributed by atoms with van der Waals surface area (Å²) in [6.45, 7) is 0.0569. The van der Waals surface area contributed by atoms with E-state index in [1.54, 1.807) is 42.5 Å². The van der Waals surface area contributed by atoms with E-state index in [2.05, 4.69) is 0 Å². The first-order valence-corrected chi connectivity index (χ1v) is 8.08. The Hall–Kier alpha value is -3.48. The maximum absolute atomic E-state index is 12.4. The summed E-state index contributed by atoms with van der Waals surface area (Å²) in [6.07, 6.45) is 0.682. The lowest BCUT2D eigenvalue weighted by molar-refractivity contribution is -0.121. The number of fused-ring (bicyclic) bond motifs is 2. The van der Waals surface area contributed by atoms with Gasteiger partial charge in [-0.25, -0.2) is 0 Å². The summed E-state index contributed by atoms with van der Waals surface area (Å²) in [5, 5.41) is 0. The van der Waals surface area contributed by atoms with Gasteiger partial charge in [0.05, 0.1) is 16.8 Å². The largest absolute Gasteiger partial charge is 0.482 e. The molecule has 4 rings (SSSR count). The first-order chi connectivity index (χ1) is 12.6. The van der Waals surface area contributed by atoms with Crippen molar-refractivity contribution >= 4 is 29.7 Å². The van der Waals surface area contributed by atoms with Crippen LogP contribution in [-0.2, 0) is 4.79 Å². The smallest absolute Gasteiger partial charge is 0.265 e. The molecule has 2 aromatic carbocycles. The summed E-state index contributed by atoms with van der Waals surface area (Å²) >= 11 is 0. The van der Waals surface area contributed by atoms with Crippen molar-refractivity contribution in [3.8, 4) is 5.75 Å². The Morgan fingerprint density at radius 2 is 1.58 bits per heavy atom. The molecule has 2 aliphatic rings. The molecule has 0 atom stereocenters. The summed E-state index contributed by atoms with van der Waals surface area (Å²) in [5.74, 6) is -0.545. The molecule has 0 fully saturated rings. The summed E-state index contributed by atoms with van der Waals surface area (Å²) < 4.78 is 5.38.